The number of carboxylic acids is 1. The van der Waals surface area contributed by atoms with Crippen LogP contribution in [0.4, 0.5) is 4.79 Å². The molecule has 19 heavy (non-hydrogen) atoms. The second kappa shape index (κ2) is 5.02. The third-order valence-corrected chi connectivity index (χ3v) is 5.11. The van der Waals surface area contributed by atoms with Gasteiger partial charge in [0.25, 0.3) is 0 Å². The van der Waals surface area contributed by atoms with Gasteiger partial charge < -0.3 is 14.9 Å². The first-order chi connectivity index (χ1) is 9.15. The van der Waals surface area contributed by atoms with Crippen LogP contribution in [0.1, 0.15) is 32.1 Å². The Kier molecular flexibility index (Phi) is 3.37. The van der Waals surface area contributed by atoms with Gasteiger partial charge in [0.05, 0.1) is 5.92 Å². The third-order valence-electron chi connectivity index (χ3n) is 5.11. The molecule has 0 radical (unpaired) electrons. The van der Waals surface area contributed by atoms with Crippen LogP contribution in [-0.2, 0) is 4.79 Å². The molecule has 5 heteroatoms. The Morgan fingerprint density at radius 2 is 1.47 bits per heavy atom. The summed E-state index contributed by atoms with van der Waals surface area (Å²) in [7, 11) is 0. The zero-order chi connectivity index (χ0) is 13.4. The van der Waals surface area contributed by atoms with Crippen LogP contribution in [0.3, 0.4) is 0 Å². The minimum Gasteiger partial charge on any atom is -0.481 e. The van der Waals surface area contributed by atoms with Crippen LogP contribution < -0.4 is 0 Å². The van der Waals surface area contributed by atoms with Crippen molar-refractivity contribution in [3.63, 3.8) is 0 Å². The molecular formula is C14H22N2O3. The number of rotatable bonds is 1. The highest BCUT2D eigenvalue weighted by atomic mass is 16.4. The quantitative estimate of drug-likeness (QED) is 0.784. The molecule has 5 nitrogen and oxygen atoms in total. The number of amides is 2. The smallest absolute Gasteiger partial charge is 0.320 e. The lowest BCUT2D eigenvalue weighted by atomic mass is 9.97. The highest BCUT2D eigenvalue weighted by Crippen LogP contribution is 2.38. The second-order valence-corrected chi connectivity index (χ2v) is 6.24. The third kappa shape index (κ3) is 2.42. The van der Waals surface area contributed by atoms with Crippen molar-refractivity contribution in [1.82, 2.24) is 9.80 Å². The fourth-order valence-electron chi connectivity index (χ4n) is 3.91. The molecule has 2 heterocycles. The number of fused-ring (bicyclic) bond motifs is 1. The van der Waals surface area contributed by atoms with Crippen LogP contribution in [-0.4, -0.2) is 53.1 Å². The van der Waals surface area contributed by atoms with Crippen molar-refractivity contribution in [3.05, 3.63) is 0 Å². The van der Waals surface area contributed by atoms with Gasteiger partial charge in [-0.3, -0.25) is 4.79 Å². The number of carbonyl (C=O) groups is 2. The van der Waals surface area contributed by atoms with Crippen LogP contribution in [0, 0.1) is 17.8 Å². The Balaban J connectivity index is 1.53. The minimum atomic E-state index is -0.720. The molecule has 2 unspecified atom stereocenters. The molecule has 0 aromatic carbocycles. The van der Waals surface area contributed by atoms with E-state index in [1.807, 2.05) is 9.80 Å². The number of hydrogen-bond donors (Lipinski definition) is 1. The summed E-state index contributed by atoms with van der Waals surface area (Å²) in [6.45, 7) is 3.04. The number of urea groups is 1. The molecule has 3 fully saturated rings. The topological polar surface area (TPSA) is 60.9 Å². The Bertz CT molecular complexity index is 365. The summed E-state index contributed by atoms with van der Waals surface area (Å²) in [5.41, 5.74) is 0. The van der Waals surface area contributed by atoms with Crippen LogP contribution in [0.5, 0.6) is 0 Å². The predicted molar refractivity (Wildman–Crippen MR) is 69.7 cm³/mol. The summed E-state index contributed by atoms with van der Waals surface area (Å²) >= 11 is 0. The van der Waals surface area contributed by atoms with E-state index >= 15 is 0 Å². The second-order valence-electron chi connectivity index (χ2n) is 6.24. The lowest BCUT2D eigenvalue weighted by Crippen LogP contribution is -2.47. The Hall–Kier alpha value is -1.26. The maximum atomic E-state index is 12.4. The number of carbonyl (C=O) groups excluding carboxylic acids is 1. The first-order valence-corrected chi connectivity index (χ1v) is 7.42. The number of nitrogens with zero attached hydrogens (tertiary/aromatic N) is 2. The molecule has 1 aliphatic carbocycles. The Morgan fingerprint density at radius 1 is 0.895 bits per heavy atom. The first-order valence-electron chi connectivity index (χ1n) is 7.42. The van der Waals surface area contributed by atoms with E-state index in [4.69, 9.17) is 5.11 Å². The standard InChI is InChI=1S/C14H22N2O3/c17-13(18)10-4-6-15(7-5-10)14(19)16-8-11-2-1-3-12(11)9-16/h10-12H,1-9H2,(H,17,18). The Labute approximate surface area is 113 Å². The number of likely N-dealkylation sites (tertiary alicyclic amines) is 2. The van der Waals surface area contributed by atoms with Crippen molar-refractivity contribution in [2.75, 3.05) is 26.2 Å². The lowest BCUT2D eigenvalue weighted by molar-refractivity contribution is -0.143. The van der Waals surface area contributed by atoms with Crippen molar-refractivity contribution >= 4 is 12.0 Å². The van der Waals surface area contributed by atoms with E-state index in [0.29, 0.717) is 25.9 Å². The van der Waals surface area contributed by atoms with Gasteiger partial charge in [-0.1, -0.05) is 6.42 Å². The van der Waals surface area contributed by atoms with Gasteiger partial charge in [-0.2, -0.15) is 0 Å². The molecule has 1 saturated carbocycles. The summed E-state index contributed by atoms with van der Waals surface area (Å²) in [4.78, 5) is 27.2. The predicted octanol–water partition coefficient (Wildman–Crippen LogP) is 1.63. The summed E-state index contributed by atoms with van der Waals surface area (Å²) in [5, 5.41) is 8.97. The normalized spacial score (nSPS) is 31.6. The van der Waals surface area contributed by atoms with Gasteiger partial charge >= 0.3 is 12.0 Å². The number of aliphatic carboxylic acids is 1. The monoisotopic (exact) mass is 266 g/mol. The highest BCUT2D eigenvalue weighted by Gasteiger charge is 2.40. The molecule has 2 aliphatic heterocycles. The van der Waals surface area contributed by atoms with Gasteiger partial charge in [-0.05, 0) is 37.5 Å². The summed E-state index contributed by atoms with van der Waals surface area (Å²) in [6.07, 6.45) is 5.07. The van der Waals surface area contributed by atoms with Crippen LogP contribution >= 0.6 is 0 Å². The fourth-order valence-corrected chi connectivity index (χ4v) is 3.91. The van der Waals surface area contributed by atoms with Crippen molar-refractivity contribution < 1.29 is 14.7 Å². The largest absolute Gasteiger partial charge is 0.481 e. The molecule has 0 aromatic rings. The molecule has 106 valence electrons. The van der Waals surface area contributed by atoms with Crippen molar-refractivity contribution in [2.45, 2.75) is 32.1 Å². The van der Waals surface area contributed by atoms with Crippen LogP contribution in [0.2, 0.25) is 0 Å². The zero-order valence-electron chi connectivity index (χ0n) is 11.3. The van der Waals surface area contributed by atoms with E-state index < -0.39 is 5.97 Å². The lowest BCUT2D eigenvalue weighted by Gasteiger charge is -2.33. The first kappa shape index (κ1) is 12.8. The molecule has 1 N–H and O–H groups in total. The maximum absolute atomic E-state index is 12.4. The van der Waals surface area contributed by atoms with E-state index in [2.05, 4.69) is 0 Å². The molecule has 0 spiro atoms. The van der Waals surface area contributed by atoms with Crippen molar-refractivity contribution in [1.29, 1.82) is 0 Å². The van der Waals surface area contributed by atoms with E-state index in [1.165, 1.54) is 19.3 Å². The molecule has 0 bridgehead atoms. The van der Waals surface area contributed by atoms with Gasteiger partial charge in [0, 0.05) is 26.2 Å². The zero-order valence-corrected chi connectivity index (χ0v) is 11.3. The molecule has 3 rings (SSSR count). The van der Waals surface area contributed by atoms with E-state index in [0.717, 1.165) is 24.9 Å². The molecule has 3 aliphatic rings. The van der Waals surface area contributed by atoms with Gasteiger partial charge in [0.2, 0.25) is 0 Å². The molecule has 2 amide bonds. The average Bonchev–Trinajstić information content (AvgIpc) is 2.98. The van der Waals surface area contributed by atoms with Gasteiger partial charge in [-0.25, -0.2) is 4.79 Å². The number of carboxylic acid groups (broad SMARTS) is 1. The van der Waals surface area contributed by atoms with Gasteiger partial charge in [0.15, 0.2) is 0 Å². The Morgan fingerprint density at radius 3 is 2.00 bits per heavy atom. The maximum Gasteiger partial charge on any atom is 0.320 e. The van der Waals surface area contributed by atoms with E-state index in [-0.39, 0.29) is 11.9 Å². The van der Waals surface area contributed by atoms with E-state index in [9.17, 15) is 9.59 Å². The molecule has 0 aromatic heterocycles. The van der Waals surface area contributed by atoms with Gasteiger partial charge in [-0.15, -0.1) is 0 Å². The van der Waals surface area contributed by atoms with Crippen molar-refractivity contribution in [2.24, 2.45) is 17.8 Å². The van der Waals surface area contributed by atoms with Crippen LogP contribution in [0.15, 0.2) is 0 Å². The minimum absolute atomic E-state index is 0.137. The van der Waals surface area contributed by atoms with Gasteiger partial charge in [0.1, 0.15) is 0 Å². The van der Waals surface area contributed by atoms with Crippen molar-refractivity contribution in [3.8, 4) is 0 Å². The average molecular weight is 266 g/mol. The highest BCUT2D eigenvalue weighted by molar-refractivity contribution is 5.76. The SMILES string of the molecule is O=C(O)C1CCN(C(=O)N2CC3CCCC3C2)CC1. The van der Waals surface area contributed by atoms with E-state index in [1.54, 1.807) is 0 Å². The molecule has 2 saturated heterocycles. The summed E-state index contributed by atoms with van der Waals surface area (Å²) < 4.78 is 0. The summed E-state index contributed by atoms with van der Waals surface area (Å²) in [6, 6.07) is 0.137. The summed E-state index contributed by atoms with van der Waals surface area (Å²) in [5.74, 6) is 0.464. The van der Waals surface area contributed by atoms with Crippen LogP contribution in [0.25, 0.3) is 0 Å². The molecule has 2 atom stereocenters. The number of hydrogen-bond acceptors (Lipinski definition) is 2. The number of piperidine rings is 1. The molecular weight excluding hydrogens is 244 g/mol. The fraction of sp³-hybridized carbons (Fsp3) is 0.857.